The molecular weight excluding hydrogens is 159 g/mol. The van der Waals surface area contributed by atoms with Gasteiger partial charge in [0.05, 0.1) is 0 Å². The van der Waals surface area contributed by atoms with Crippen LogP contribution in [-0.4, -0.2) is 6.26 Å². The maximum Gasteiger partial charge on any atom is 0.127 e. The van der Waals surface area contributed by atoms with Gasteiger partial charge in [0.1, 0.15) is 5.82 Å². The summed E-state index contributed by atoms with van der Waals surface area (Å²) in [6, 6.07) is 3.58. The van der Waals surface area contributed by atoms with Gasteiger partial charge in [-0.1, -0.05) is 0 Å². The molecule has 1 aromatic carbocycles. The molecule has 0 N–H and O–H groups in total. The third kappa shape index (κ3) is 1.74. The summed E-state index contributed by atoms with van der Waals surface area (Å²) in [5, 5.41) is 0. The van der Waals surface area contributed by atoms with Gasteiger partial charge in [0, 0.05) is 4.90 Å². The zero-order valence-electron chi connectivity index (χ0n) is 6.94. The predicted molar refractivity (Wildman–Crippen MR) is 47.7 cm³/mol. The van der Waals surface area contributed by atoms with Gasteiger partial charge in [0.2, 0.25) is 0 Å². The van der Waals surface area contributed by atoms with Gasteiger partial charge in [-0.15, -0.1) is 11.8 Å². The summed E-state index contributed by atoms with van der Waals surface area (Å²) < 4.78 is 13.0. The van der Waals surface area contributed by atoms with Gasteiger partial charge in [-0.25, -0.2) is 4.39 Å². The summed E-state index contributed by atoms with van der Waals surface area (Å²) in [5.41, 5.74) is 1.78. The Morgan fingerprint density at radius 1 is 1.27 bits per heavy atom. The third-order valence-corrected chi connectivity index (χ3v) is 2.52. The highest BCUT2D eigenvalue weighted by molar-refractivity contribution is 7.98. The van der Waals surface area contributed by atoms with Crippen LogP contribution >= 0.6 is 11.8 Å². The largest absolute Gasteiger partial charge is 0.207 e. The van der Waals surface area contributed by atoms with Gasteiger partial charge in [-0.2, -0.15) is 0 Å². The number of benzene rings is 1. The van der Waals surface area contributed by atoms with Crippen molar-refractivity contribution in [1.82, 2.24) is 0 Å². The van der Waals surface area contributed by atoms with Crippen LogP contribution in [0.3, 0.4) is 0 Å². The van der Waals surface area contributed by atoms with E-state index in [4.69, 9.17) is 0 Å². The maximum absolute atomic E-state index is 13.0. The van der Waals surface area contributed by atoms with E-state index < -0.39 is 0 Å². The van der Waals surface area contributed by atoms with E-state index in [0.29, 0.717) is 0 Å². The van der Waals surface area contributed by atoms with Crippen molar-refractivity contribution < 1.29 is 4.39 Å². The van der Waals surface area contributed by atoms with Crippen LogP contribution in [0.25, 0.3) is 0 Å². The monoisotopic (exact) mass is 170 g/mol. The van der Waals surface area contributed by atoms with Crippen LogP contribution in [0.4, 0.5) is 4.39 Å². The molecule has 0 aliphatic heterocycles. The van der Waals surface area contributed by atoms with Gasteiger partial charge in [-0.3, -0.25) is 0 Å². The number of rotatable bonds is 1. The average molecular weight is 170 g/mol. The summed E-state index contributed by atoms with van der Waals surface area (Å²) >= 11 is 1.57. The molecular formula is C9H11FS. The zero-order valence-corrected chi connectivity index (χ0v) is 7.76. The Balaban J connectivity index is 3.21. The standard InChI is InChI=1S/C9H11FS/c1-6-4-8(11-3)5-9(10)7(6)2/h4-5H,1-3H3. The molecule has 0 aliphatic carbocycles. The molecule has 2 heteroatoms. The molecule has 0 nitrogen and oxygen atoms in total. The summed E-state index contributed by atoms with van der Waals surface area (Å²) in [6.07, 6.45) is 1.95. The molecule has 0 heterocycles. The Hall–Kier alpha value is -0.500. The lowest BCUT2D eigenvalue weighted by atomic mass is 10.1. The summed E-state index contributed by atoms with van der Waals surface area (Å²) in [4.78, 5) is 0.991. The van der Waals surface area contributed by atoms with Gasteiger partial charge in [-0.05, 0) is 43.4 Å². The van der Waals surface area contributed by atoms with E-state index in [9.17, 15) is 4.39 Å². The lowest BCUT2D eigenvalue weighted by Crippen LogP contribution is -1.87. The van der Waals surface area contributed by atoms with Crippen molar-refractivity contribution in [3.63, 3.8) is 0 Å². The van der Waals surface area contributed by atoms with Crippen molar-refractivity contribution in [2.45, 2.75) is 18.7 Å². The first-order valence-corrected chi connectivity index (χ1v) is 4.68. The Morgan fingerprint density at radius 2 is 1.91 bits per heavy atom. The molecule has 0 aromatic heterocycles. The first-order valence-electron chi connectivity index (χ1n) is 3.46. The highest BCUT2D eigenvalue weighted by Crippen LogP contribution is 2.21. The molecule has 0 bridgehead atoms. The van der Waals surface area contributed by atoms with E-state index in [0.717, 1.165) is 16.0 Å². The van der Waals surface area contributed by atoms with Gasteiger partial charge in [0.25, 0.3) is 0 Å². The number of aryl methyl sites for hydroxylation is 1. The molecule has 1 rings (SSSR count). The SMILES string of the molecule is CSc1cc(C)c(C)c(F)c1. The molecule has 0 spiro atoms. The first-order chi connectivity index (χ1) is 5.15. The summed E-state index contributed by atoms with van der Waals surface area (Å²) in [5.74, 6) is -0.102. The quantitative estimate of drug-likeness (QED) is 0.583. The fourth-order valence-electron chi connectivity index (χ4n) is 0.903. The lowest BCUT2D eigenvalue weighted by Gasteiger charge is -2.03. The van der Waals surface area contributed by atoms with E-state index in [-0.39, 0.29) is 5.82 Å². The molecule has 1 aromatic rings. The third-order valence-electron chi connectivity index (χ3n) is 1.81. The zero-order chi connectivity index (χ0) is 8.43. The molecule has 0 amide bonds. The smallest absolute Gasteiger partial charge is 0.127 e. The van der Waals surface area contributed by atoms with Gasteiger partial charge in [0.15, 0.2) is 0 Å². The minimum atomic E-state index is -0.102. The number of halogens is 1. The first kappa shape index (κ1) is 8.60. The van der Waals surface area contributed by atoms with Crippen molar-refractivity contribution in [2.24, 2.45) is 0 Å². The van der Waals surface area contributed by atoms with Crippen molar-refractivity contribution in [3.8, 4) is 0 Å². The van der Waals surface area contributed by atoms with Crippen molar-refractivity contribution in [2.75, 3.05) is 6.26 Å². The lowest BCUT2D eigenvalue weighted by molar-refractivity contribution is 0.613. The topological polar surface area (TPSA) is 0 Å². The fraction of sp³-hybridized carbons (Fsp3) is 0.333. The van der Waals surface area contributed by atoms with E-state index in [1.807, 2.05) is 19.2 Å². The van der Waals surface area contributed by atoms with Crippen LogP contribution in [0.5, 0.6) is 0 Å². The van der Waals surface area contributed by atoms with Crippen LogP contribution < -0.4 is 0 Å². The van der Waals surface area contributed by atoms with E-state index in [1.165, 1.54) is 0 Å². The molecule has 0 atom stereocenters. The minimum absolute atomic E-state index is 0.102. The van der Waals surface area contributed by atoms with Crippen LogP contribution in [0.2, 0.25) is 0 Å². The van der Waals surface area contributed by atoms with Crippen LogP contribution in [0.1, 0.15) is 11.1 Å². The molecule has 11 heavy (non-hydrogen) atoms. The Kier molecular flexibility index (Phi) is 2.55. The number of thioether (sulfide) groups is 1. The second-order valence-electron chi connectivity index (χ2n) is 2.55. The van der Waals surface area contributed by atoms with Crippen LogP contribution in [0.15, 0.2) is 17.0 Å². The molecule has 0 saturated heterocycles. The molecule has 0 aliphatic rings. The number of hydrogen-bond donors (Lipinski definition) is 0. The van der Waals surface area contributed by atoms with E-state index >= 15 is 0 Å². The average Bonchev–Trinajstić information content (AvgIpc) is 1.99. The highest BCUT2D eigenvalue weighted by atomic mass is 32.2. The molecule has 0 unspecified atom stereocenters. The van der Waals surface area contributed by atoms with E-state index in [2.05, 4.69) is 0 Å². The fourth-order valence-corrected chi connectivity index (χ4v) is 1.42. The van der Waals surface area contributed by atoms with Crippen molar-refractivity contribution in [3.05, 3.63) is 29.1 Å². The number of hydrogen-bond acceptors (Lipinski definition) is 1. The second kappa shape index (κ2) is 3.26. The predicted octanol–water partition coefficient (Wildman–Crippen LogP) is 3.16. The molecule has 0 saturated carbocycles. The molecule has 60 valence electrons. The molecule has 0 fully saturated rings. The van der Waals surface area contributed by atoms with Crippen molar-refractivity contribution >= 4 is 11.8 Å². The normalized spacial score (nSPS) is 10.2. The summed E-state index contributed by atoms with van der Waals surface area (Å²) in [7, 11) is 0. The van der Waals surface area contributed by atoms with Crippen molar-refractivity contribution in [1.29, 1.82) is 0 Å². The second-order valence-corrected chi connectivity index (χ2v) is 3.43. The molecule has 0 radical (unpaired) electrons. The van der Waals surface area contributed by atoms with Gasteiger partial charge >= 0.3 is 0 Å². The van der Waals surface area contributed by atoms with Gasteiger partial charge < -0.3 is 0 Å². The van der Waals surface area contributed by atoms with Crippen LogP contribution in [0, 0.1) is 19.7 Å². The minimum Gasteiger partial charge on any atom is -0.207 e. The van der Waals surface area contributed by atoms with Crippen LogP contribution in [-0.2, 0) is 0 Å². The highest BCUT2D eigenvalue weighted by Gasteiger charge is 2.01. The Bertz CT molecular complexity index is 245. The van der Waals surface area contributed by atoms with E-state index in [1.54, 1.807) is 24.8 Å². The Labute approximate surface area is 70.8 Å². The summed E-state index contributed by atoms with van der Waals surface area (Å²) in [6.45, 7) is 3.73. The Morgan fingerprint density at radius 3 is 2.36 bits per heavy atom. The maximum atomic E-state index is 13.0.